The number of methoxy groups -OCH3 is 1. The fourth-order valence-electron chi connectivity index (χ4n) is 3.64. The second kappa shape index (κ2) is 6.06. The molecule has 0 fully saturated rings. The lowest BCUT2D eigenvalue weighted by molar-refractivity contribution is 0.405. The first-order chi connectivity index (χ1) is 12.1. The maximum atomic E-state index is 6.22. The normalized spacial score (nSPS) is 14.0. The summed E-state index contributed by atoms with van der Waals surface area (Å²) in [5.41, 5.74) is 5.20. The van der Waals surface area contributed by atoms with Crippen molar-refractivity contribution >= 4 is 16.8 Å². The van der Waals surface area contributed by atoms with Crippen molar-refractivity contribution in [3.8, 4) is 17.2 Å². The molecule has 0 radical (unpaired) electrons. The Labute approximate surface area is 147 Å². The maximum Gasteiger partial charge on any atom is 0.245 e. The van der Waals surface area contributed by atoms with Crippen LogP contribution in [0.4, 0.5) is 5.69 Å². The number of hydrogen-bond acceptors (Lipinski definition) is 4. The van der Waals surface area contributed by atoms with E-state index in [1.54, 1.807) is 7.11 Å². The number of aryl methyl sites for hydroxylation is 1. The number of anilines is 1. The largest absolute Gasteiger partial charge is 0.490 e. The second-order valence-electron chi connectivity index (χ2n) is 6.73. The fourth-order valence-corrected chi connectivity index (χ4v) is 3.64. The lowest BCUT2D eigenvalue weighted by Crippen LogP contribution is -2.28. The van der Waals surface area contributed by atoms with Gasteiger partial charge in [-0.2, -0.15) is 0 Å². The third-order valence-electron chi connectivity index (χ3n) is 4.96. The van der Waals surface area contributed by atoms with Gasteiger partial charge in [0.05, 0.1) is 13.2 Å². The van der Waals surface area contributed by atoms with Crippen molar-refractivity contribution in [1.82, 2.24) is 9.56 Å². The van der Waals surface area contributed by atoms with Crippen molar-refractivity contribution in [2.45, 2.75) is 19.8 Å². The quantitative estimate of drug-likeness (QED) is 0.532. The monoisotopic (exact) mass is 338 g/mol. The zero-order chi connectivity index (χ0) is 17.6. The average Bonchev–Trinajstić information content (AvgIpc) is 2.62. The molecule has 0 N–H and O–H groups in total. The van der Waals surface area contributed by atoms with Gasteiger partial charge >= 0.3 is 0 Å². The van der Waals surface area contributed by atoms with Crippen LogP contribution in [0, 0.1) is 0 Å². The lowest BCUT2D eigenvalue weighted by atomic mass is 10.0. The van der Waals surface area contributed by atoms with E-state index >= 15 is 0 Å². The number of fused-ring (bicyclic) bond motifs is 3. The summed E-state index contributed by atoms with van der Waals surface area (Å²) in [6, 6.07) is 8.28. The van der Waals surface area contributed by atoms with Gasteiger partial charge in [-0.3, -0.25) is 0 Å². The average molecular weight is 338 g/mol. The Hall–Kier alpha value is -2.56. The maximum absolute atomic E-state index is 6.22. The smallest absolute Gasteiger partial charge is 0.245 e. The number of hydrogen-bond donors (Lipinski definition) is 0. The first kappa shape index (κ1) is 15.9. The fraction of sp³-hybridized carbons (Fsp3) is 0.400. The molecule has 1 aromatic rings. The van der Waals surface area contributed by atoms with Crippen LogP contribution in [-0.2, 0) is 6.42 Å². The van der Waals surface area contributed by atoms with E-state index in [-0.39, 0.29) is 0 Å². The van der Waals surface area contributed by atoms with Gasteiger partial charge in [0, 0.05) is 30.9 Å². The molecule has 0 spiro atoms. The summed E-state index contributed by atoms with van der Waals surface area (Å²) in [6.45, 7) is 4.32. The van der Waals surface area contributed by atoms with Crippen LogP contribution in [-0.4, -0.2) is 39.3 Å². The Morgan fingerprint density at radius 2 is 2.08 bits per heavy atom. The minimum absolute atomic E-state index is 0.774. The Balaban J connectivity index is 2.00. The molecule has 4 rings (SSSR count). The molecule has 5 heteroatoms. The zero-order valence-electron chi connectivity index (χ0n) is 15.3. The Bertz CT molecular complexity index is 986. The minimum Gasteiger partial charge on any atom is -0.490 e. The molecule has 5 nitrogen and oxygen atoms in total. The topological polar surface area (TPSA) is 41.5 Å². The minimum atomic E-state index is 0.774. The van der Waals surface area contributed by atoms with Crippen LogP contribution < -0.4 is 19.6 Å². The van der Waals surface area contributed by atoms with Crippen molar-refractivity contribution in [1.29, 1.82) is 0 Å². The number of aromatic nitrogens is 1. The predicted octanol–water partition coefficient (Wildman–Crippen LogP) is 2.75. The highest BCUT2D eigenvalue weighted by atomic mass is 16.5. The molecule has 0 saturated heterocycles. The van der Waals surface area contributed by atoms with Gasteiger partial charge in [0.15, 0.2) is 17.1 Å². The van der Waals surface area contributed by atoms with Crippen molar-refractivity contribution in [3.05, 3.63) is 35.2 Å². The standard InChI is InChI=1S/C20H24N3O2/c1-5-23-8-6-7-13-9-14-18(11-16(13)23)25-19-12-17(22(2)3)20(24-4)10-15(19)21-14/h9-12H,5-8H2,1-4H3/q+1. The number of ether oxygens (including phenoxy) is 1. The lowest BCUT2D eigenvalue weighted by Gasteiger charge is -2.30. The van der Waals surface area contributed by atoms with Crippen LogP contribution in [0.25, 0.3) is 22.6 Å². The molecule has 130 valence electrons. The van der Waals surface area contributed by atoms with Crippen molar-refractivity contribution < 1.29 is 9.15 Å². The molecule has 2 aliphatic heterocycles. The summed E-state index contributed by atoms with van der Waals surface area (Å²) < 4.78 is 13.8. The third-order valence-corrected chi connectivity index (χ3v) is 4.96. The number of benzene rings is 2. The summed E-state index contributed by atoms with van der Waals surface area (Å²) in [4.78, 5) is 7.25. The van der Waals surface area contributed by atoms with Crippen molar-refractivity contribution in [2.24, 2.45) is 0 Å². The molecule has 25 heavy (non-hydrogen) atoms. The van der Waals surface area contributed by atoms with Gasteiger partial charge in [-0.15, -0.1) is 0 Å². The SMILES string of the molecule is CCN1CCCc2cc3nc4cc(OC)c(=[N+](C)C)cc-4oc3cc21. The first-order valence-electron chi connectivity index (χ1n) is 8.81. The molecule has 2 heterocycles. The van der Waals surface area contributed by atoms with E-state index in [1.165, 1.54) is 17.7 Å². The van der Waals surface area contributed by atoms with Crippen LogP contribution >= 0.6 is 0 Å². The van der Waals surface area contributed by atoms with Crippen LogP contribution in [0.1, 0.15) is 18.9 Å². The van der Waals surface area contributed by atoms with Crippen LogP contribution in [0.5, 0.6) is 5.75 Å². The molecule has 0 aromatic heterocycles. The second-order valence-corrected chi connectivity index (χ2v) is 6.73. The molecule has 0 atom stereocenters. The first-order valence-corrected chi connectivity index (χ1v) is 8.81. The van der Waals surface area contributed by atoms with Crippen LogP contribution in [0.3, 0.4) is 0 Å². The van der Waals surface area contributed by atoms with Gasteiger partial charge in [-0.1, -0.05) is 0 Å². The summed E-state index contributed by atoms with van der Waals surface area (Å²) >= 11 is 0. The summed E-state index contributed by atoms with van der Waals surface area (Å²) in [5, 5.41) is 0.980. The van der Waals surface area contributed by atoms with E-state index in [1.807, 2.05) is 30.8 Å². The molecule has 0 bridgehead atoms. The Morgan fingerprint density at radius 3 is 2.80 bits per heavy atom. The number of rotatable bonds is 2. The Kier molecular flexibility index (Phi) is 3.86. The highest BCUT2D eigenvalue weighted by Crippen LogP contribution is 2.33. The van der Waals surface area contributed by atoms with Gasteiger partial charge in [-0.05, 0) is 31.4 Å². The molecule has 1 aromatic carbocycles. The van der Waals surface area contributed by atoms with Crippen molar-refractivity contribution in [3.63, 3.8) is 0 Å². The zero-order valence-corrected chi connectivity index (χ0v) is 15.3. The molecule has 0 amide bonds. The van der Waals surface area contributed by atoms with E-state index in [0.29, 0.717) is 0 Å². The predicted molar refractivity (Wildman–Crippen MR) is 101 cm³/mol. The van der Waals surface area contributed by atoms with Gasteiger partial charge in [0.25, 0.3) is 0 Å². The summed E-state index contributed by atoms with van der Waals surface area (Å²) in [5.74, 6) is 1.57. The summed E-state index contributed by atoms with van der Waals surface area (Å²) in [6.07, 6.45) is 2.29. The molecule has 3 aliphatic rings. The van der Waals surface area contributed by atoms with Gasteiger partial charge < -0.3 is 14.1 Å². The van der Waals surface area contributed by atoms with E-state index in [9.17, 15) is 0 Å². The van der Waals surface area contributed by atoms with Gasteiger partial charge in [0.1, 0.15) is 25.3 Å². The van der Waals surface area contributed by atoms with E-state index in [4.69, 9.17) is 14.1 Å². The van der Waals surface area contributed by atoms with Crippen LogP contribution in [0.15, 0.2) is 28.7 Å². The van der Waals surface area contributed by atoms with Gasteiger partial charge in [-0.25, -0.2) is 9.56 Å². The molecule has 0 unspecified atom stereocenters. The van der Waals surface area contributed by atoms with E-state index < -0.39 is 0 Å². The molecular formula is C20H24N3O2+. The molecule has 1 aliphatic carbocycles. The highest BCUT2D eigenvalue weighted by molar-refractivity contribution is 5.82. The van der Waals surface area contributed by atoms with Crippen LogP contribution in [0.2, 0.25) is 0 Å². The highest BCUT2D eigenvalue weighted by Gasteiger charge is 2.20. The third kappa shape index (κ3) is 2.64. The molecule has 0 saturated carbocycles. The van der Waals surface area contributed by atoms with Gasteiger partial charge in [0.2, 0.25) is 5.36 Å². The number of nitrogens with zero attached hydrogens (tertiary/aromatic N) is 3. The Morgan fingerprint density at radius 1 is 1.24 bits per heavy atom. The van der Waals surface area contributed by atoms with E-state index in [0.717, 1.165) is 53.2 Å². The van der Waals surface area contributed by atoms with E-state index in [2.05, 4.69) is 24.0 Å². The van der Waals surface area contributed by atoms with Crippen molar-refractivity contribution in [2.75, 3.05) is 39.2 Å². The molecular weight excluding hydrogens is 314 g/mol. The summed E-state index contributed by atoms with van der Waals surface area (Å²) in [7, 11) is 5.67.